The van der Waals surface area contributed by atoms with Crippen LogP contribution in [0.4, 0.5) is 17.3 Å². The third kappa shape index (κ3) is 3.53. The van der Waals surface area contributed by atoms with Crippen molar-refractivity contribution < 1.29 is 0 Å². The molecule has 1 fully saturated rings. The van der Waals surface area contributed by atoms with Gasteiger partial charge >= 0.3 is 0 Å². The summed E-state index contributed by atoms with van der Waals surface area (Å²) >= 11 is 0. The second-order valence-electron chi connectivity index (χ2n) is 6.02. The third-order valence-electron chi connectivity index (χ3n) is 4.34. The lowest BCUT2D eigenvalue weighted by Crippen LogP contribution is -2.57. The Morgan fingerprint density at radius 1 is 1.30 bits per heavy atom. The van der Waals surface area contributed by atoms with Crippen LogP contribution in [0.15, 0.2) is 36.7 Å². The second kappa shape index (κ2) is 6.83. The molecule has 6 heteroatoms. The summed E-state index contributed by atoms with van der Waals surface area (Å²) in [5.74, 6) is 1.27. The van der Waals surface area contributed by atoms with Gasteiger partial charge in [-0.3, -0.25) is 0 Å². The zero-order chi connectivity index (χ0) is 16.2. The molecule has 1 aromatic carbocycles. The molecular weight excluding hydrogens is 288 g/mol. The van der Waals surface area contributed by atoms with Crippen molar-refractivity contribution in [3.05, 3.63) is 42.2 Å². The highest BCUT2D eigenvalue weighted by atomic mass is 15.3. The van der Waals surface area contributed by atoms with E-state index in [2.05, 4.69) is 63.6 Å². The van der Waals surface area contributed by atoms with Crippen LogP contribution in [0, 0.1) is 6.92 Å². The molecule has 2 aromatic rings. The van der Waals surface area contributed by atoms with Gasteiger partial charge in [-0.25, -0.2) is 9.97 Å². The van der Waals surface area contributed by atoms with Crippen LogP contribution in [0.2, 0.25) is 0 Å². The van der Waals surface area contributed by atoms with E-state index < -0.39 is 0 Å². The lowest BCUT2D eigenvalue weighted by atomic mass is 10.1. The maximum Gasteiger partial charge on any atom is 0.171 e. The number of piperazine rings is 1. The summed E-state index contributed by atoms with van der Waals surface area (Å²) in [5, 5.41) is 7.19. The minimum Gasteiger partial charge on any atom is -0.381 e. The zero-order valence-corrected chi connectivity index (χ0v) is 13.7. The van der Waals surface area contributed by atoms with Crippen LogP contribution in [-0.2, 0) is 0 Å². The molecule has 2 unspecified atom stereocenters. The normalized spacial score (nSPS) is 19.4. The fourth-order valence-corrected chi connectivity index (χ4v) is 2.97. The summed E-state index contributed by atoms with van der Waals surface area (Å²) in [7, 11) is 0. The fraction of sp³-hybridized carbons (Fsp3) is 0.412. The van der Waals surface area contributed by atoms with Crippen molar-refractivity contribution in [2.24, 2.45) is 0 Å². The highest BCUT2D eigenvalue weighted by molar-refractivity contribution is 5.58. The van der Waals surface area contributed by atoms with Gasteiger partial charge in [0.2, 0.25) is 0 Å². The van der Waals surface area contributed by atoms with Crippen LogP contribution in [0.1, 0.15) is 12.5 Å². The number of nitrogens with two attached hydrogens (primary N) is 1. The molecule has 1 aromatic heterocycles. The number of aromatic nitrogens is 2. The van der Waals surface area contributed by atoms with Crippen molar-refractivity contribution in [3.8, 4) is 0 Å². The highest BCUT2D eigenvalue weighted by Crippen LogP contribution is 2.20. The molecule has 1 aliphatic heterocycles. The SMILES string of the molecule is Cc1ccccc1NC(C)C1CN(c2nccnc2N)CCN1. The van der Waals surface area contributed by atoms with Gasteiger partial charge in [-0.15, -0.1) is 0 Å². The van der Waals surface area contributed by atoms with E-state index in [-0.39, 0.29) is 6.04 Å². The van der Waals surface area contributed by atoms with E-state index in [0.29, 0.717) is 11.9 Å². The molecule has 1 saturated heterocycles. The number of anilines is 3. The first-order valence-electron chi connectivity index (χ1n) is 8.02. The van der Waals surface area contributed by atoms with Gasteiger partial charge in [-0.05, 0) is 25.5 Å². The quantitative estimate of drug-likeness (QED) is 0.796. The maximum absolute atomic E-state index is 5.97. The standard InChI is InChI=1S/C17H24N6/c1-12-5-3-4-6-14(12)22-13(2)15-11-23(10-9-19-15)17-16(18)20-7-8-21-17/h3-8,13,15,19,22H,9-11H2,1-2H3,(H2,18,20). The van der Waals surface area contributed by atoms with Crippen molar-refractivity contribution >= 4 is 17.3 Å². The molecule has 2 atom stereocenters. The Labute approximate surface area is 137 Å². The molecule has 3 rings (SSSR count). The number of hydrogen-bond donors (Lipinski definition) is 3. The highest BCUT2D eigenvalue weighted by Gasteiger charge is 2.26. The van der Waals surface area contributed by atoms with Crippen LogP contribution in [-0.4, -0.2) is 41.7 Å². The van der Waals surface area contributed by atoms with E-state index >= 15 is 0 Å². The molecule has 2 heterocycles. The van der Waals surface area contributed by atoms with E-state index in [4.69, 9.17) is 5.73 Å². The van der Waals surface area contributed by atoms with Gasteiger partial charge in [0.1, 0.15) is 0 Å². The molecule has 0 amide bonds. The number of nitrogens with zero attached hydrogens (tertiary/aromatic N) is 3. The first-order chi connectivity index (χ1) is 11.1. The number of nitrogen functional groups attached to an aromatic ring is 1. The second-order valence-corrected chi connectivity index (χ2v) is 6.02. The Kier molecular flexibility index (Phi) is 4.62. The van der Waals surface area contributed by atoms with E-state index in [1.807, 2.05) is 0 Å². The smallest absolute Gasteiger partial charge is 0.171 e. The van der Waals surface area contributed by atoms with Crippen LogP contribution in [0.3, 0.4) is 0 Å². The molecule has 0 spiro atoms. The molecule has 0 radical (unpaired) electrons. The lowest BCUT2D eigenvalue weighted by molar-refractivity contribution is 0.420. The molecule has 6 nitrogen and oxygen atoms in total. The topological polar surface area (TPSA) is 79.1 Å². The van der Waals surface area contributed by atoms with Crippen molar-refractivity contribution in [1.82, 2.24) is 15.3 Å². The Morgan fingerprint density at radius 3 is 2.87 bits per heavy atom. The minimum atomic E-state index is 0.289. The molecule has 1 aliphatic rings. The van der Waals surface area contributed by atoms with Crippen molar-refractivity contribution in [2.75, 3.05) is 35.6 Å². The third-order valence-corrected chi connectivity index (χ3v) is 4.34. The van der Waals surface area contributed by atoms with Crippen molar-refractivity contribution in [1.29, 1.82) is 0 Å². The van der Waals surface area contributed by atoms with Gasteiger partial charge < -0.3 is 21.3 Å². The van der Waals surface area contributed by atoms with Crippen LogP contribution >= 0.6 is 0 Å². The van der Waals surface area contributed by atoms with Gasteiger partial charge in [-0.2, -0.15) is 0 Å². The van der Waals surface area contributed by atoms with Crippen molar-refractivity contribution in [3.63, 3.8) is 0 Å². The van der Waals surface area contributed by atoms with Crippen LogP contribution in [0.5, 0.6) is 0 Å². The van der Waals surface area contributed by atoms with E-state index in [1.165, 1.54) is 11.3 Å². The fourth-order valence-electron chi connectivity index (χ4n) is 2.97. The Morgan fingerprint density at radius 2 is 2.09 bits per heavy atom. The summed E-state index contributed by atoms with van der Waals surface area (Å²) in [6, 6.07) is 8.95. The maximum atomic E-state index is 5.97. The van der Waals surface area contributed by atoms with Crippen molar-refractivity contribution in [2.45, 2.75) is 25.9 Å². The monoisotopic (exact) mass is 312 g/mol. The molecule has 0 aliphatic carbocycles. The molecule has 23 heavy (non-hydrogen) atoms. The van der Waals surface area contributed by atoms with E-state index in [1.54, 1.807) is 12.4 Å². The Balaban J connectivity index is 1.69. The first kappa shape index (κ1) is 15.6. The molecular formula is C17H24N6. The van der Waals surface area contributed by atoms with Crippen LogP contribution < -0.4 is 21.3 Å². The summed E-state index contributed by atoms with van der Waals surface area (Å²) in [6.07, 6.45) is 3.32. The molecule has 0 saturated carbocycles. The van der Waals surface area contributed by atoms with Gasteiger partial charge in [0.25, 0.3) is 0 Å². The predicted molar refractivity (Wildman–Crippen MR) is 94.7 cm³/mol. The number of aryl methyl sites for hydroxylation is 1. The summed E-state index contributed by atoms with van der Waals surface area (Å²) < 4.78 is 0. The van der Waals surface area contributed by atoms with Gasteiger partial charge in [0.15, 0.2) is 11.6 Å². The molecule has 0 bridgehead atoms. The number of hydrogen-bond acceptors (Lipinski definition) is 6. The lowest BCUT2D eigenvalue weighted by Gasteiger charge is -2.38. The average Bonchev–Trinajstić information content (AvgIpc) is 2.57. The number of nitrogens with one attached hydrogen (secondary N) is 2. The Hall–Kier alpha value is -2.34. The number of rotatable bonds is 4. The van der Waals surface area contributed by atoms with Gasteiger partial charge in [-0.1, -0.05) is 18.2 Å². The average molecular weight is 312 g/mol. The van der Waals surface area contributed by atoms with Crippen LogP contribution in [0.25, 0.3) is 0 Å². The Bertz CT molecular complexity index is 659. The van der Waals surface area contributed by atoms with Gasteiger partial charge in [0, 0.05) is 49.8 Å². The zero-order valence-electron chi connectivity index (χ0n) is 13.7. The van der Waals surface area contributed by atoms with E-state index in [9.17, 15) is 0 Å². The molecule has 122 valence electrons. The molecule has 4 N–H and O–H groups in total. The number of benzene rings is 1. The number of para-hydroxylation sites is 1. The predicted octanol–water partition coefficient (Wildman–Crippen LogP) is 1.65. The minimum absolute atomic E-state index is 0.289. The largest absolute Gasteiger partial charge is 0.381 e. The van der Waals surface area contributed by atoms with E-state index in [0.717, 1.165) is 25.5 Å². The first-order valence-corrected chi connectivity index (χ1v) is 8.02. The summed E-state index contributed by atoms with van der Waals surface area (Å²) in [4.78, 5) is 10.7. The summed E-state index contributed by atoms with van der Waals surface area (Å²) in [5.41, 5.74) is 8.40. The summed E-state index contributed by atoms with van der Waals surface area (Å²) in [6.45, 7) is 6.96. The van der Waals surface area contributed by atoms with Gasteiger partial charge in [0.05, 0.1) is 0 Å².